The molecular formula is C24H23N5O3S. The van der Waals surface area contributed by atoms with Gasteiger partial charge in [0, 0.05) is 35.4 Å². The number of pyridine rings is 1. The summed E-state index contributed by atoms with van der Waals surface area (Å²) in [7, 11) is -1.66. The van der Waals surface area contributed by atoms with Gasteiger partial charge in [-0.2, -0.15) is 0 Å². The second-order valence-corrected chi connectivity index (χ2v) is 9.40. The molecule has 9 heteroatoms. The van der Waals surface area contributed by atoms with Crippen molar-refractivity contribution in [2.45, 2.75) is 11.8 Å². The fourth-order valence-electron chi connectivity index (χ4n) is 3.26. The van der Waals surface area contributed by atoms with E-state index >= 15 is 0 Å². The Balaban J connectivity index is 1.55. The fraction of sp³-hybridized carbons (Fsp3) is 0.125. The van der Waals surface area contributed by atoms with Gasteiger partial charge in [-0.1, -0.05) is 25.1 Å². The first-order valence-electron chi connectivity index (χ1n) is 10.3. The molecule has 0 amide bonds. The number of nitrogens with zero attached hydrogens (tertiary/aromatic N) is 3. The van der Waals surface area contributed by atoms with Crippen molar-refractivity contribution < 1.29 is 13.2 Å². The Morgan fingerprint density at radius 3 is 2.30 bits per heavy atom. The van der Waals surface area contributed by atoms with Crippen LogP contribution in [0.25, 0.3) is 11.1 Å². The van der Waals surface area contributed by atoms with Crippen LogP contribution in [-0.2, 0) is 9.84 Å². The Hall–Kier alpha value is -3.98. The smallest absolute Gasteiger partial charge is 0.178 e. The minimum Gasteiger partial charge on any atom is -0.496 e. The Morgan fingerprint density at radius 1 is 0.909 bits per heavy atom. The first-order valence-corrected chi connectivity index (χ1v) is 11.9. The molecule has 0 radical (unpaired) electrons. The summed E-state index contributed by atoms with van der Waals surface area (Å²) in [5.41, 5.74) is 3.29. The zero-order chi connectivity index (χ0) is 23.3. The van der Waals surface area contributed by atoms with E-state index in [2.05, 4.69) is 25.6 Å². The molecule has 0 unspecified atom stereocenters. The topological polar surface area (TPSA) is 106 Å². The van der Waals surface area contributed by atoms with Crippen LogP contribution in [0.5, 0.6) is 5.75 Å². The molecule has 0 bridgehead atoms. The highest BCUT2D eigenvalue weighted by Crippen LogP contribution is 2.31. The summed E-state index contributed by atoms with van der Waals surface area (Å²) in [6, 6.07) is 18.1. The van der Waals surface area contributed by atoms with E-state index in [0.29, 0.717) is 17.3 Å². The van der Waals surface area contributed by atoms with Crippen molar-refractivity contribution in [3.8, 4) is 16.9 Å². The summed E-state index contributed by atoms with van der Waals surface area (Å²) >= 11 is 0. The van der Waals surface area contributed by atoms with Crippen LogP contribution in [0, 0.1) is 0 Å². The standard InChI is InChI=1S/C24H23N5O3S/c1-3-33(30,31)20-9-5-8-19(13-20)29-24-14-23(26-16-27-24)28-18-7-4-6-17(12-18)21-15-25-11-10-22(21)32-2/h4-16H,3H2,1-2H3,(H2,26,27,28,29). The lowest BCUT2D eigenvalue weighted by atomic mass is 10.1. The maximum atomic E-state index is 12.2. The minimum absolute atomic E-state index is 0.0437. The highest BCUT2D eigenvalue weighted by molar-refractivity contribution is 7.91. The third-order valence-corrected chi connectivity index (χ3v) is 6.69. The predicted molar refractivity (Wildman–Crippen MR) is 129 cm³/mol. The van der Waals surface area contributed by atoms with Crippen LogP contribution >= 0.6 is 0 Å². The predicted octanol–water partition coefficient (Wildman–Crippen LogP) is 4.83. The van der Waals surface area contributed by atoms with Crippen molar-refractivity contribution in [2.75, 3.05) is 23.5 Å². The maximum absolute atomic E-state index is 12.2. The van der Waals surface area contributed by atoms with E-state index in [4.69, 9.17) is 4.74 Å². The molecule has 2 aromatic carbocycles. The molecule has 2 N–H and O–H groups in total. The average Bonchev–Trinajstić information content (AvgIpc) is 2.84. The van der Waals surface area contributed by atoms with Gasteiger partial charge in [-0.05, 0) is 42.0 Å². The molecule has 4 aromatic rings. The van der Waals surface area contributed by atoms with Crippen molar-refractivity contribution in [2.24, 2.45) is 0 Å². The molecule has 0 atom stereocenters. The summed E-state index contributed by atoms with van der Waals surface area (Å²) < 4.78 is 29.8. The molecule has 33 heavy (non-hydrogen) atoms. The van der Waals surface area contributed by atoms with Crippen molar-refractivity contribution in [3.05, 3.63) is 79.4 Å². The number of methoxy groups -OCH3 is 1. The number of ether oxygens (including phenoxy) is 1. The summed E-state index contributed by atoms with van der Waals surface area (Å²) in [5, 5.41) is 6.41. The molecule has 0 spiro atoms. The van der Waals surface area contributed by atoms with Crippen molar-refractivity contribution in [3.63, 3.8) is 0 Å². The Labute approximate surface area is 192 Å². The van der Waals surface area contributed by atoms with Gasteiger partial charge in [0.15, 0.2) is 9.84 Å². The highest BCUT2D eigenvalue weighted by Gasteiger charge is 2.12. The number of rotatable bonds is 8. The molecule has 2 heterocycles. The second kappa shape index (κ2) is 9.66. The van der Waals surface area contributed by atoms with Gasteiger partial charge < -0.3 is 15.4 Å². The zero-order valence-corrected chi connectivity index (χ0v) is 19.0. The Kier molecular flexibility index (Phi) is 6.50. The maximum Gasteiger partial charge on any atom is 0.178 e. The lowest BCUT2D eigenvalue weighted by Gasteiger charge is -2.12. The quantitative estimate of drug-likeness (QED) is 0.384. The molecule has 2 aromatic heterocycles. The van der Waals surface area contributed by atoms with E-state index in [1.165, 1.54) is 6.33 Å². The highest BCUT2D eigenvalue weighted by atomic mass is 32.2. The van der Waals surface area contributed by atoms with Crippen LogP contribution in [0.1, 0.15) is 6.92 Å². The molecule has 0 saturated heterocycles. The lowest BCUT2D eigenvalue weighted by molar-refractivity contribution is 0.416. The minimum atomic E-state index is -3.29. The van der Waals surface area contributed by atoms with Crippen molar-refractivity contribution >= 4 is 32.8 Å². The second-order valence-electron chi connectivity index (χ2n) is 7.13. The largest absolute Gasteiger partial charge is 0.496 e. The monoisotopic (exact) mass is 461 g/mol. The molecule has 8 nitrogen and oxygen atoms in total. The van der Waals surface area contributed by atoms with Crippen LogP contribution in [0.2, 0.25) is 0 Å². The molecular weight excluding hydrogens is 438 g/mol. The summed E-state index contributed by atoms with van der Waals surface area (Å²) in [5.74, 6) is 1.90. The van der Waals surface area contributed by atoms with Crippen molar-refractivity contribution in [1.29, 1.82) is 0 Å². The summed E-state index contributed by atoms with van der Waals surface area (Å²) in [6.07, 6.45) is 4.88. The molecule has 0 fully saturated rings. The molecule has 168 valence electrons. The number of nitrogens with one attached hydrogen (secondary N) is 2. The van der Waals surface area contributed by atoms with Crippen LogP contribution in [0.3, 0.4) is 0 Å². The van der Waals surface area contributed by atoms with Gasteiger partial charge >= 0.3 is 0 Å². The van der Waals surface area contributed by atoms with Gasteiger partial charge in [-0.25, -0.2) is 18.4 Å². The number of hydrogen-bond donors (Lipinski definition) is 2. The zero-order valence-electron chi connectivity index (χ0n) is 18.2. The SMILES string of the molecule is CCS(=O)(=O)c1cccc(Nc2cc(Nc3cccc(-c4cnccc4OC)c3)ncn2)c1. The van der Waals surface area contributed by atoms with Gasteiger partial charge in [0.05, 0.1) is 17.8 Å². The van der Waals surface area contributed by atoms with Gasteiger partial charge in [0.1, 0.15) is 23.7 Å². The normalized spacial score (nSPS) is 11.1. The van der Waals surface area contributed by atoms with Crippen LogP contribution in [-0.4, -0.2) is 36.2 Å². The number of hydrogen-bond acceptors (Lipinski definition) is 8. The first-order chi connectivity index (χ1) is 16.0. The molecule has 4 rings (SSSR count). The van der Waals surface area contributed by atoms with Gasteiger partial charge in [-0.3, -0.25) is 4.98 Å². The van der Waals surface area contributed by atoms with E-state index < -0.39 is 9.84 Å². The van der Waals surface area contributed by atoms with Crippen LogP contribution in [0.15, 0.2) is 84.3 Å². The van der Waals surface area contributed by atoms with E-state index in [0.717, 1.165) is 22.6 Å². The number of benzene rings is 2. The number of sulfone groups is 1. The van der Waals surface area contributed by atoms with E-state index in [1.807, 2.05) is 30.3 Å². The number of anilines is 4. The lowest BCUT2D eigenvalue weighted by Crippen LogP contribution is -2.04. The summed E-state index contributed by atoms with van der Waals surface area (Å²) in [4.78, 5) is 13.0. The first kappa shape index (κ1) is 22.2. The molecule has 0 aliphatic rings. The van der Waals surface area contributed by atoms with E-state index in [1.54, 1.807) is 56.8 Å². The Morgan fingerprint density at radius 2 is 1.61 bits per heavy atom. The van der Waals surface area contributed by atoms with E-state index in [-0.39, 0.29) is 10.6 Å². The third kappa shape index (κ3) is 5.27. The number of aromatic nitrogens is 3. The van der Waals surface area contributed by atoms with Gasteiger partial charge in [-0.15, -0.1) is 0 Å². The van der Waals surface area contributed by atoms with E-state index in [9.17, 15) is 8.42 Å². The molecule has 0 saturated carbocycles. The van der Waals surface area contributed by atoms with Gasteiger partial charge in [0.2, 0.25) is 0 Å². The Bertz CT molecular complexity index is 1380. The molecule has 0 aliphatic heterocycles. The third-order valence-electron chi connectivity index (χ3n) is 4.96. The fourth-order valence-corrected chi connectivity index (χ4v) is 4.19. The van der Waals surface area contributed by atoms with Crippen molar-refractivity contribution in [1.82, 2.24) is 15.0 Å². The molecule has 0 aliphatic carbocycles. The van der Waals surface area contributed by atoms with Crippen LogP contribution < -0.4 is 15.4 Å². The summed E-state index contributed by atoms with van der Waals surface area (Å²) in [6.45, 7) is 1.62. The van der Waals surface area contributed by atoms with Crippen LogP contribution in [0.4, 0.5) is 23.0 Å². The average molecular weight is 462 g/mol. The van der Waals surface area contributed by atoms with Gasteiger partial charge in [0.25, 0.3) is 0 Å².